The fourth-order valence-electron chi connectivity index (χ4n) is 2.80. The molecule has 0 aliphatic rings. The van der Waals surface area contributed by atoms with Crippen molar-refractivity contribution in [2.45, 2.75) is 0 Å². The Balaban J connectivity index is 1.64. The van der Waals surface area contributed by atoms with Gasteiger partial charge in [0.1, 0.15) is 5.75 Å². The number of non-ortho nitro benzene ring substituents is 1. The average molecular weight is 433 g/mol. The third-order valence-corrected chi connectivity index (χ3v) is 4.50. The number of hydrogen-bond donors (Lipinski definition) is 0. The Morgan fingerprint density at radius 3 is 2.06 bits per heavy atom. The number of esters is 1. The zero-order valence-corrected chi connectivity index (χ0v) is 17.3. The first-order chi connectivity index (χ1) is 15.4. The predicted molar refractivity (Wildman–Crippen MR) is 117 cm³/mol. The molecule has 0 amide bonds. The van der Waals surface area contributed by atoms with Crippen molar-refractivity contribution < 1.29 is 28.7 Å². The standard InChI is InChI=1S/C24H19NO7/c1-30-22-14-4-16(15-23(22)31-2)3-13-21(26)17-7-11-20(12-8-17)32-24(27)18-5-9-19(10-6-18)25(28)29/h3-15H,1-2H3. The first-order valence-electron chi connectivity index (χ1n) is 9.42. The molecule has 0 saturated heterocycles. The van der Waals surface area contributed by atoms with E-state index in [4.69, 9.17) is 14.2 Å². The van der Waals surface area contributed by atoms with E-state index in [9.17, 15) is 19.7 Å². The lowest BCUT2D eigenvalue weighted by Gasteiger charge is -2.07. The van der Waals surface area contributed by atoms with Gasteiger partial charge in [-0.2, -0.15) is 0 Å². The number of ketones is 1. The minimum absolute atomic E-state index is 0.120. The molecule has 0 aromatic heterocycles. The molecule has 0 fully saturated rings. The van der Waals surface area contributed by atoms with Gasteiger partial charge < -0.3 is 14.2 Å². The van der Waals surface area contributed by atoms with E-state index in [0.717, 1.165) is 5.56 Å². The topological polar surface area (TPSA) is 105 Å². The van der Waals surface area contributed by atoms with Gasteiger partial charge in [-0.3, -0.25) is 14.9 Å². The number of ether oxygens (including phenoxy) is 3. The number of carbonyl (C=O) groups excluding carboxylic acids is 2. The van der Waals surface area contributed by atoms with Crippen LogP contribution in [0, 0.1) is 10.1 Å². The fraction of sp³-hybridized carbons (Fsp3) is 0.0833. The van der Waals surface area contributed by atoms with E-state index in [-0.39, 0.29) is 22.8 Å². The highest BCUT2D eigenvalue weighted by Crippen LogP contribution is 2.28. The number of nitro benzene ring substituents is 1. The molecule has 32 heavy (non-hydrogen) atoms. The maximum absolute atomic E-state index is 12.4. The van der Waals surface area contributed by atoms with Gasteiger partial charge in [-0.1, -0.05) is 12.1 Å². The van der Waals surface area contributed by atoms with E-state index in [0.29, 0.717) is 17.1 Å². The number of nitro groups is 1. The first-order valence-corrected chi connectivity index (χ1v) is 9.42. The Labute approximate surface area is 183 Å². The van der Waals surface area contributed by atoms with Crippen LogP contribution in [-0.4, -0.2) is 30.9 Å². The van der Waals surface area contributed by atoms with Gasteiger partial charge in [0.05, 0.1) is 24.7 Å². The van der Waals surface area contributed by atoms with Gasteiger partial charge in [0.25, 0.3) is 5.69 Å². The Morgan fingerprint density at radius 2 is 1.47 bits per heavy atom. The van der Waals surface area contributed by atoms with Crippen molar-refractivity contribution in [1.82, 2.24) is 0 Å². The maximum Gasteiger partial charge on any atom is 0.343 e. The van der Waals surface area contributed by atoms with Crippen LogP contribution < -0.4 is 14.2 Å². The number of methoxy groups -OCH3 is 2. The summed E-state index contributed by atoms with van der Waals surface area (Å²) in [6.45, 7) is 0. The molecular formula is C24H19NO7. The van der Waals surface area contributed by atoms with Crippen LogP contribution in [0.5, 0.6) is 17.2 Å². The second-order valence-corrected chi connectivity index (χ2v) is 6.53. The van der Waals surface area contributed by atoms with Gasteiger partial charge in [0.15, 0.2) is 17.3 Å². The number of benzene rings is 3. The molecule has 0 atom stereocenters. The lowest BCUT2D eigenvalue weighted by molar-refractivity contribution is -0.384. The molecule has 0 N–H and O–H groups in total. The molecule has 162 valence electrons. The largest absolute Gasteiger partial charge is 0.493 e. The van der Waals surface area contributed by atoms with Gasteiger partial charge in [0.2, 0.25) is 0 Å². The van der Waals surface area contributed by atoms with Crippen molar-refractivity contribution in [1.29, 1.82) is 0 Å². The number of carbonyl (C=O) groups is 2. The zero-order valence-electron chi connectivity index (χ0n) is 17.3. The Bertz CT molecular complexity index is 1170. The number of nitrogens with zero attached hydrogens (tertiary/aromatic N) is 1. The quantitative estimate of drug-likeness (QED) is 0.126. The van der Waals surface area contributed by atoms with Crippen LogP contribution in [-0.2, 0) is 0 Å². The van der Waals surface area contributed by atoms with E-state index >= 15 is 0 Å². The van der Waals surface area contributed by atoms with Crippen molar-refractivity contribution in [2.75, 3.05) is 14.2 Å². The van der Waals surface area contributed by atoms with E-state index in [1.54, 1.807) is 43.5 Å². The van der Waals surface area contributed by atoms with Gasteiger partial charge >= 0.3 is 5.97 Å². The normalized spacial score (nSPS) is 10.6. The molecule has 3 aromatic rings. The molecule has 0 aliphatic heterocycles. The third kappa shape index (κ3) is 5.37. The summed E-state index contributed by atoms with van der Waals surface area (Å²) in [5.41, 5.74) is 1.24. The van der Waals surface area contributed by atoms with Crippen LogP contribution >= 0.6 is 0 Å². The highest BCUT2D eigenvalue weighted by molar-refractivity contribution is 6.07. The first kappa shape index (κ1) is 22.2. The Hall–Kier alpha value is -4.46. The van der Waals surface area contributed by atoms with E-state index in [2.05, 4.69) is 0 Å². The second-order valence-electron chi connectivity index (χ2n) is 6.53. The molecule has 3 aromatic carbocycles. The maximum atomic E-state index is 12.4. The SMILES string of the molecule is COc1ccc(C=CC(=O)c2ccc(OC(=O)c3ccc([N+](=O)[O-])cc3)cc2)cc1OC. The molecule has 8 nitrogen and oxygen atoms in total. The molecule has 0 spiro atoms. The monoisotopic (exact) mass is 433 g/mol. The van der Waals surface area contributed by atoms with Crippen LogP contribution in [0.4, 0.5) is 5.69 Å². The average Bonchev–Trinajstić information content (AvgIpc) is 2.82. The molecule has 0 aliphatic carbocycles. The molecule has 3 rings (SSSR count). The van der Waals surface area contributed by atoms with Crippen molar-refractivity contribution in [3.05, 3.63) is 99.6 Å². The van der Waals surface area contributed by atoms with Gasteiger partial charge in [0, 0.05) is 17.7 Å². The third-order valence-electron chi connectivity index (χ3n) is 4.50. The van der Waals surface area contributed by atoms with Crippen LogP contribution in [0.1, 0.15) is 26.3 Å². The smallest absolute Gasteiger partial charge is 0.343 e. The molecule has 0 heterocycles. The van der Waals surface area contributed by atoms with Crippen LogP contribution in [0.2, 0.25) is 0 Å². The summed E-state index contributed by atoms with van der Waals surface area (Å²) in [7, 11) is 3.08. The molecule has 8 heteroatoms. The summed E-state index contributed by atoms with van der Waals surface area (Å²) in [5.74, 6) is 0.505. The zero-order chi connectivity index (χ0) is 23.1. The minimum Gasteiger partial charge on any atom is -0.493 e. The van der Waals surface area contributed by atoms with E-state index in [1.165, 1.54) is 49.6 Å². The number of rotatable bonds is 8. The molecule has 0 saturated carbocycles. The summed E-state index contributed by atoms with van der Waals surface area (Å²) in [6, 6.07) is 16.5. The number of hydrogen-bond acceptors (Lipinski definition) is 7. The lowest BCUT2D eigenvalue weighted by atomic mass is 10.1. The van der Waals surface area contributed by atoms with Crippen LogP contribution in [0.3, 0.4) is 0 Å². The highest BCUT2D eigenvalue weighted by atomic mass is 16.6. The number of allylic oxidation sites excluding steroid dienone is 1. The summed E-state index contributed by atoms with van der Waals surface area (Å²) < 4.78 is 15.7. The Morgan fingerprint density at radius 1 is 0.844 bits per heavy atom. The van der Waals surface area contributed by atoms with Crippen molar-refractivity contribution >= 4 is 23.5 Å². The van der Waals surface area contributed by atoms with Gasteiger partial charge in [-0.25, -0.2) is 4.79 Å². The highest BCUT2D eigenvalue weighted by Gasteiger charge is 2.12. The fourth-order valence-corrected chi connectivity index (χ4v) is 2.80. The predicted octanol–water partition coefficient (Wildman–Crippen LogP) is 4.73. The summed E-state index contributed by atoms with van der Waals surface area (Å²) >= 11 is 0. The van der Waals surface area contributed by atoms with Crippen molar-refractivity contribution in [3.63, 3.8) is 0 Å². The van der Waals surface area contributed by atoms with E-state index < -0.39 is 10.9 Å². The van der Waals surface area contributed by atoms with Crippen LogP contribution in [0.15, 0.2) is 72.8 Å². The molecule has 0 unspecified atom stereocenters. The summed E-state index contributed by atoms with van der Waals surface area (Å²) in [4.78, 5) is 34.8. The van der Waals surface area contributed by atoms with Gasteiger partial charge in [-0.15, -0.1) is 0 Å². The molecule has 0 bridgehead atoms. The lowest BCUT2D eigenvalue weighted by Crippen LogP contribution is -2.08. The second kappa shape index (κ2) is 10.0. The van der Waals surface area contributed by atoms with Gasteiger partial charge in [-0.05, 0) is 60.2 Å². The van der Waals surface area contributed by atoms with Crippen LogP contribution in [0.25, 0.3) is 6.08 Å². The molecular weight excluding hydrogens is 414 g/mol. The Kier molecular flexibility index (Phi) is 6.97. The van der Waals surface area contributed by atoms with E-state index in [1.807, 2.05) is 0 Å². The summed E-state index contributed by atoms with van der Waals surface area (Å²) in [6.07, 6.45) is 3.09. The minimum atomic E-state index is -0.660. The van der Waals surface area contributed by atoms with Crippen molar-refractivity contribution in [3.8, 4) is 17.2 Å². The molecule has 0 radical (unpaired) electrons. The summed E-state index contributed by atoms with van der Waals surface area (Å²) in [5, 5.41) is 10.7. The van der Waals surface area contributed by atoms with Crippen molar-refractivity contribution in [2.24, 2.45) is 0 Å².